The van der Waals surface area contributed by atoms with E-state index in [-0.39, 0.29) is 10.5 Å². The highest BCUT2D eigenvalue weighted by atomic mass is 32.2. The van der Waals surface area contributed by atoms with Crippen LogP contribution in [0.4, 0.5) is 0 Å². The monoisotopic (exact) mass is 268 g/mol. The maximum Gasteiger partial charge on any atom is 0.194 e. The van der Waals surface area contributed by atoms with Gasteiger partial charge in [0.1, 0.15) is 5.44 Å². The molecule has 0 radical (unpaired) electrons. The third-order valence-corrected chi connectivity index (χ3v) is 8.90. The Bertz CT molecular complexity index is 343. The Morgan fingerprint density at radius 1 is 1.12 bits per heavy atom. The molecule has 0 aliphatic rings. The second-order valence-electron chi connectivity index (χ2n) is 5.86. The van der Waals surface area contributed by atoms with Crippen LogP contribution in [0.15, 0.2) is 30.3 Å². The van der Waals surface area contributed by atoms with Gasteiger partial charge in [-0.15, -0.1) is 11.8 Å². The van der Waals surface area contributed by atoms with Crippen LogP contribution in [0.2, 0.25) is 18.1 Å². The normalized spacial score (nSPS) is 14.7. The highest BCUT2D eigenvalue weighted by molar-refractivity contribution is 7.98. The van der Waals surface area contributed by atoms with E-state index in [2.05, 4.69) is 64.4 Å². The molecule has 1 aromatic rings. The highest BCUT2D eigenvalue weighted by Gasteiger charge is 2.39. The van der Waals surface area contributed by atoms with Crippen LogP contribution in [0.5, 0.6) is 0 Å². The molecule has 0 aliphatic carbocycles. The third kappa shape index (κ3) is 3.87. The van der Waals surface area contributed by atoms with Crippen molar-refractivity contribution in [1.82, 2.24) is 0 Å². The molecule has 0 saturated heterocycles. The Hall–Kier alpha value is -0.253. The van der Waals surface area contributed by atoms with E-state index in [0.717, 1.165) is 0 Å². The first-order valence-electron chi connectivity index (χ1n) is 6.03. The van der Waals surface area contributed by atoms with Gasteiger partial charge in [0.2, 0.25) is 0 Å². The fourth-order valence-electron chi connectivity index (χ4n) is 1.31. The van der Waals surface area contributed by atoms with Crippen molar-refractivity contribution in [2.24, 2.45) is 0 Å². The van der Waals surface area contributed by atoms with Gasteiger partial charge in [0.25, 0.3) is 0 Å². The topological polar surface area (TPSA) is 9.23 Å². The van der Waals surface area contributed by atoms with Crippen LogP contribution >= 0.6 is 11.8 Å². The van der Waals surface area contributed by atoms with Gasteiger partial charge in [-0.2, -0.15) is 0 Å². The van der Waals surface area contributed by atoms with Crippen molar-refractivity contribution in [3.63, 3.8) is 0 Å². The van der Waals surface area contributed by atoms with Gasteiger partial charge in [-0.1, -0.05) is 51.1 Å². The SMILES string of the molecule is CSC(O[Si](C)(C)C(C)(C)C)c1ccccc1. The van der Waals surface area contributed by atoms with E-state index in [4.69, 9.17) is 4.43 Å². The molecule has 0 bridgehead atoms. The van der Waals surface area contributed by atoms with Crippen molar-refractivity contribution in [2.75, 3.05) is 6.26 Å². The summed E-state index contributed by atoms with van der Waals surface area (Å²) in [6.45, 7) is 11.4. The molecule has 1 rings (SSSR count). The molecule has 0 spiro atoms. The first kappa shape index (κ1) is 14.8. The minimum Gasteiger partial charge on any atom is -0.401 e. The number of hydrogen-bond acceptors (Lipinski definition) is 2. The van der Waals surface area contributed by atoms with E-state index in [0.29, 0.717) is 0 Å². The quantitative estimate of drug-likeness (QED) is 0.557. The molecule has 0 aliphatic heterocycles. The molecule has 0 saturated carbocycles. The van der Waals surface area contributed by atoms with E-state index < -0.39 is 8.32 Å². The first-order valence-corrected chi connectivity index (χ1v) is 10.2. The summed E-state index contributed by atoms with van der Waals surface area (Å²) in [6.07, 6.45) is 2.12. The Morgan fingerprint density at radius 3 is 2.06 bits per heavy atom. The minimum atomic E-state index is -1.69. The van der Waals surface area contributed by atoms with Crippen molar-refractivity contribution in [3.05, 3.63) is 35.9 Å². The van der Waals surface area contributed by atoms with Gasteiger partial charge in [-0.25, -0.2) is 0 Å². The number of hydrogen-bond donors (Lipinski definition) is 0. The molecule has 3 heteroatoms. The van der Waals surface area contributed by atoms with Gasteiger partial charge in [0, 0.05) is 0 Å². The molecule has 17 heavy (non-hydrogen) atoms. The number of rotatable bonds is 4. The van der Waals surface area contributed by atoms with Gasteiger partial charge >= 0.3 is 0 Å². The summed E-state index contributed by atoms with van der Waals surface area (Å²) in [6, 6.07) is 10.5. The summed E-state index contributed by atoms with van der Waals surface area (Å²) in [5.74, 6) is 0. The lowest BCUT2D eigenvalue weighted by atomic mass is 10.2. The van der Waals surface area contributed by atoms with Gasteiger partial charge in [-0.05, 0) is 30.0 Å². The fraction of sp³-hybridized carbons (Fsp3) is 0.571. The van der Waals surface area contributed by atoms with Crippen LogP contribution in [0.1, 0.15) is 31.8 Å². The Balaban J connectivity index is 2.85. The zero-order valence-electron chi connectivity index (χ0n) is 11.8. The van der Waals surface area contributed by atoms with E-state index in [1.807, 2.05) is 6.07 Å². The zero-order chi connectivity index (χ0) is 13.1. The average Bonchev–Trinajstić information content (AvgIpc) is 2.25. The van der Waals surface area contributed by atoms with E-state index >= 15 is 0 Å². The molecule has 0 N–H and O–H groups in total. The predicted octanol–water partition coefficient (Wildman–Crippen LogP) is 5.07. The minimum absolute atomic E-state index is 0.164. The lowest BCUT2D eigenvalue weighted by Crippen LogP contribution is -2.41. The summed E-state index contributed by atoms with van der Waals surface area (Å²) in [5, 5.41) is 0.260. The van der Waals surface area contributed by atoms with Crippen LogP contribution in [0, 0.1) is 0 Å². The summed E-state index contributed by atoms with van der Waals surface area (Å²) >= 11 is 1.78. The Labute approximate surface area is 111 Å². The van der Waals surface area contributed by atoms with Crippen molar-refractivity contribution in [3.8, 4) is 0 Å². The summed E-state index contributed by atoms with van der Waals surface area (Å²) in [5.41, 5.74) is 1.43. The lowest BCUT2D eigenvalue weighted by Gasteiger charge is -2.39. The number of thioether (sulfide) groups is 1. The predicted molar refractivity (Wildman–Crippen MR) is 81.0 cm³/mol. The standard InChI is InChI=1S/C14H24OSSi/c1-14(2,3)17(5,6)15-13(16-4)12-10-8-7-9-11-12/h7-11,13H,1-6H3. The lowest BCUT2D eigenvalue weighted by molar-refractivity contribution is 0.266. The van der Waals surface area contributed by atoms with E-state index in [9.17, 15) is 0 Å². The largest absolute Gasteiger partial charge is 0.401 e. The molecule has 0 aromatic heterocycles. The molecule has 96 valence electrons. The molecule has 0 amide bonds. The van der Waals surface area contributed by atoms with Crippen LogP contribution in [0.3, 0.4) is 0 Å². The second-order valence-corrected chi connectivity index (χ2v) is 11.5. The zero-order valence-corrected chi connectivity index (χ0v) is 13.6. The smallest absolute Gasteiger partial charge is 0.194 e. The molecule has 1 unspecified atom stereocenters. The molecule has 1 atom stereocenters. The van der Waals surface area contributed by atoms with Gasteiger partial charge < -0.3 is 4.43 Å². The van der Waals surface area contributed by atoms with Crippen LogP contribution in [-0.4, -0.2) is 14.6 Å². The first-order chi connectivity index (χ1) is 7.78. The second kappa shape index (κ2) is 5.59. The molecular formula is C14H24OSSi. The van der Waals surface area contributed by atoms with Crippen LogP contribution in [-0.2, 0) is 4.43 Å². The summed E-state index contributed by atoms with van der Waals surface area (Å²) in [7, 11) is -1.69. The number of benzene rings is 1. The van der Waals surface area contributed by atoms with Crippen molar-refractivity contribution in [2.45, 2.75) is 44.3 Å². The van der Waals surface area contributed by atoms with Gasteiger partial charge in [0.15, 0.2) is 8.32 Å². The Kier molecular flexibility index (Phi) is 4.87. The molecular weight excluding hydrogens is 244 g/mol. The highest BCUT2D eigenvalue weighted by Crippen LogP contribution is 2.42. The van der Waals surface area contributed by atoms with Crippen molar-refractivity contribution < 1.29 is 4.43 Å². The summed E-state index contributed by atoms with van der Waals surface area (Å²) in [4.78, 5) is 0. The molecule has 0 heterocycles. The van der Waals surface area contributed by atoms with Crippen molar-refractivity contribution in [1.29, 1.82) is 0 Å². The molecule has 1 aromatic carbocycles. The van der Waals surface area contributed by atoms with E-state index in [1.165, 1.54) is 5.56 Å². The van der Waals surface area contributed by atoms with Crippen molar-refractivity contribution >= 4 is 20.1 Å². The Morgan fingerprint density at radius 2 is 1.65 bits per heavy atom. The average molecular weight is 268 g/mol. The molecule has 0 fully saturated rings. The molecule has 1 nitrogen and oxygen atoms in total. The van der Waals surface area contributed by atoms with Crippen LogP contribution in [0.25, 0.3) is 0 Å². The van der Waals surface area contributed by atoms with E-state index in [1.54, 1.807) is 11.8 Å². The maximum absolute atomic E-state index is 6.44. The van der Waals surface area contributed by atoms with Gasteiger partial charge in [-0.3, -0.25) is 0 Å². The fourth-order valence-corrected chi connectivity index (χ4v) is 3.87. The third-order valence-electron chi connectivity index (χ3n) is 3.49. The maximum atomic E-state index is 6.44. The van der Waals surface area contributed by atoms with Crippen LogP contribution < -0.4 is 0 Å². The summed E-state index contributed by atoms with van der Waals surface area (Å²) < 4.78 is 6.44. The van der Waals surface area contributed by atoms with Gasteiger partial charge in [0.05, 0.1) is 0 Å².